The number of likely N-dealkylation sites (N-methyl/N-ethyl adjacent to an activating group) is 1. The Labute approximate surface area is 125 Å². The third kappa shape index (κ3) is 4.21. The summed E-state index contributed by atoms with van der Waals surface area (Å²) in [4.78, 5) is 24.8. The highest BCUT2D eigenvalue weighted by Crippen LogP contribution is 2.18. The van der Waals surface area contributed by atoms with Crippen LogP contribution in [0.3, 0.4) is 0 Å². The number of carboxylic acids is 1. The topological polar surface area (TPSA) is 66.8 Å². The van der Waals surface area contributed by atoms with Crippen LogP contribution in [0.15, 0.2) is 24.3 Å². The van der Waals surface area contributed by atoms with Crippen LogP contribution in [0, 0.1) is 6.92 Å². The summed E-state index contributed by atoms with van der Waals surface area (Å²) >= 11 is 0. The van der Waals surface area contributed by atoms with Crippen LogP contribution in [-0.2, 0) is 9.59 Å². The lowest BCUT2D eigenvalue weighted by Crippen LogP contribution is -2.53. The minimum Gasteiger partial charge on any atom is -0.493 e. The summed E-state index contributed by atoms with van der Waals surface area (Å²) in [6.45, 7) is 7.34. The Bertz CT molecular complexity index is 511. The number of amides is 1. The summed E-state index contributed by atoms with van der Waals surface area (Å²) in [6, 6.07) is 7.57. The average molecular weight is 293 g/mol. The van der Waals surface area contributed by atoms with Crippen LogP contribution >= 0.6 is 0 Å². The van der Waals surface area contributed by atoms with Gasteiger partial charge < -0.3 is 14.7 Å². The number of carboxylic acid groups (broad SMARTS) is 1. The molecule has 21 heavy (non-hydrogen) atoms. The van der Waals surface area contributed by atoms with Crippen molar-refractivity contribution in [3.8, 4) is 5.75 Å². The van der Waals surface area contributed by atoms with Gasteiger partial charge in [0.15, 0.2) is 0 Å². The molecule has 1 amide bonds. The van der Waals surface area contributed by atoms with E-state index in [0.29, 0.717) is 6.54 Å². The van der Waals surface area contributed by atoms with Gasteiger partial charge in [-0.15, -0.1) is 0 Å². The van der Waals surface area contributed by atoms with Gasteiger partial charge in [0.25, 0.3) is 0 Å². The third-order valence-electron chi connectivity index (χ3n) is 3.48. The molecule has 1 N–H and O–H groups in total. The van der Waals surface area contributed by atoms with E-state index in [1.54, 1.807) is 6.92 Å². The fraction of sp³-hybridized carbons (Fsp3) is 0.500. The monoisotopic (exact) mass is 293 g/mol. The van der Waals surface area contributed by atoms with Crippen molar-refractivity contribution in [1.29, 1.82) is 0 Å². The number of para-hydroxylation sites is 1. The maximum absolute atomic E-state index is 12.2. The van der Waals surface area contributed by atoms with E-state index in [2.05, 4.69) is 0 Å². The molecular formula is C16H23NO4. The molecule has 0 saturated heterocycles. The average Bonchev–Trinajstić information content (AvgIpc) is 2.41. The number of hydrogen-bond donors (Lipinski definition) is 1. The van der Waals surface area contributed by atoms with Gasteiger partial charge in [-0.05, 0) is 39.3 Å². The molecule has 0 fully saturated rings. The highest BCUT2D eigenvalue weighted by atomic mass is 16.5. The standard InChI is InChI=1S/C16H23NO4/c1-5-17(16(3,4)15(19)20)14(18)10-11-21-13-9-7-6-8-12(13)2/h6-9H,5,10-11H2,1-4H3,(H,19,20). The Morgan fingerprint density at radius 1 is 1.29 bits per heavy atom. The van der Waals surface area contributed by atoms with E-state index in [4.69, 9.17) is 4.74 Å². The summed E-state index contributed by atoms with van der Waals surface area (Å²) in [5.41, 5.74) is -0.211. The molecule has 1 aromatic rings. The SMILES string of the molecule is CCN(C(=O)CCOc1ccccc1C)C(C)(C)C(=O)O. The number of nitrogens with zero attached hydrogens (tertiary/aromatic N) is 1. The second-order valence-corrected chi connectivity index (χ2v) is 5.37. The Balaban J connectivity index is 2.60. The summed E-state index contributed by atoms with van der Waals surface area (Å²) in [5, 5.41) is 9.21. The van der Waals surface area contributed by atoms with Crippen LogP contribution in [0.25, 0.3) is 0 Å². The molecule has 0 bridgehead atoms. The van der Waals surface area contributed by atoms with Crippen molar-refractivity contribution in [2.75, 3.05) is 13.2 Å². The molecule has 0 aliphatic heterocycles. The lowest BCUT2D eigenvalue weighted by molar-refractivity contribution is -0.156. The van der Waals surface area contributed by atoms with E-state index >= 15 is 0 Å². The summed E-state index contributed by atoms with van der Waals surface area (Å²) in [5.74, 6) is -0.498. The van der Waals surface area contributed by atoms with E-state index < -0.39 is 11.5 Å². The Morgan fingerprint density at radius 2 is 1.90 bits per heavy atom. The summed E-state index contributed by atoms with van der Waals surface area (Å²) in [6.07, 6.45) is 0.152. The first kappa shape index (κ1) is 17.0. The molecule has 5 heteroatoms. The predicted octanol–water partition coefficient (Wildman–Crippen LogP) is 2.48. The highest BCUT2D eigenvalue weighted by Gasteiger charge is 2.36. The largest absolute Gasteiger partial charge is 0.493 e. The van der Waals surface area contributed by atoms with Crippen molar-refractivity contribution in [1.82, 2.24) is 4.90 Å². The number of ether oxygens (including phenoxy) is 1. The van der Waals surface area contributed by atoms with E-state index in [9.17, 15) is 14.7 Å². The number of benzene rings is 1. The molecular weight excluding hydrogens is 270 g/mol. The zero-order valence-corrected chi connectivity index (χ0v) is 13.0. The van der Waals surface area contributed by atoms with Gasteiger partial charge in [0.05, 0.1) is 13.0 Å². The van der Waals surface area contributed by atoms with Gasteiger partial charge in [-0.2, -0.15) is 0 Å². The molecule has 0 heterocycles. The first-order valence-corrected chi connectivity index (χ1v) is 7.03. The van der Waals surface area contributed by atoms with Crippen molar-refractivity contribution in [2.45, 2.75) is 39.7 Å². The van der Waals surface area contributed by atoms with Gasteiger partial charge in [0.1, 0.15) is 11.3 Å². The van der Waals surface area contributed by atoms with E-state index in [1.807, 2.05) is 31.2 Å². The van der Waals surface area contributed by atoms with Crippen LogP contribution in [0.2, 0.25) is 0 Å². The lowest BCUT2D eigenvalue weighted by atomic mass is 10.0. The van der Waals surface area contributed by atoms with Crippen LogP contribution in [0.4, 0.5) is 0 Å². The molecule has 0 spiro atoms. The Hall–Kier alpha value is -2.04. The number of carbonyl (C=O) groups excluding carboxylic acids is 1. The van der Waals surface area contributed by atoms with Gasteiger partial charge in [-0.1, -0.05) is 18.2 Å². The predicted molar refractivity (Wildman–Crippen MR) is 80.4 cm³/mol. The summed E-state index contributed by atoms with van der Waals surface area (Å²) in [7, 11) is 0. The first-order chi connectivity index (χ1) is 9.80. The van der Waals surface area contributed by atoms with Gasteiger partial charge in [-0.3, -0.25) is 4.79 Å². The number of aryl methyl sites for hydroxylation is 1. The minimum atomic E-state index is -1.21. The Kier molecular flexibility index (Phi) is 5.76. The molecule has 1 rings (SSSR count). The second kappa shape index (κ2) is 7.11. The van der Waals surface area contributed by atoms with Crippen LogP contribution in [-0.4, -0.2) is 40.6 Å². The minimum absolute atomic E-state index is 0.152. The third-order valence-corrected chi connectivity index (χ3v) is 3.48. The van der Waals surface area contributed by atoms with E-state index in [1.165, 1.54) is 18.7 Å². The van der Waals surface area contributed by atoms with Crippen molar-refractivity contribution < 1.29 is 19.4 Å². The van der Waals surface area contributed by atoms with E-state index in [0.717, 1.165) is 11.3 Å². The van der Waals surface area contributed by atoms with E-state index in [-0.39, 0.29) is 18.9 Å². The zero-order chi connectivity index (χ0) is 16.0. The van der Waals surface area contributed by atoms with Crippen molar-refractivity contribution >= 4 is 11.9 Å². The zero-order valence-electron chi connectivity index (χ0n) is 13.0. The molecule has 0 aromatic heterocycles. The highest BCUT2D eigenvalue weighted by molar-refractivity contribution is 5.86. The quantitative estimate of drug-likeness (QED) is 0.838. The smallest absolute Gasteiger partial charge is 0.329 e. The van der Waals surface area contributed by atoms with Crippen molar-refractivity contribution in [2.24, 2.45) is 0 Å². The van der Waals surface area contributed by atoms with Crippen LogP contribution in [0.1, 0.15) is 32.8 Å². The number of carbonyl (C=O) groups is 2. The molecule has 0 unspecified atom stereocenters. The number of aliphatic carboxylic acids is 1. The molecule has 5 nitrogen and oxygen atoms in total. The number of hydrogen-bond acceptors (Lipinski definition) is 3. The van der Waals surface area contributed by atoms with Gasteiger partial charge in [0, 0.05) is 6.54 Å². The van der Waals surface area contributed by atoms with Crippen molar-refractivity contribution in [3.63, 3.8) is 0 Å². The lowest BCUT2D eigenvalue weighted by Gasteiger charge is -2.34. The van der Waals surface area contributed by atoms with Gasteiger partial charge >= 0.3 is 5.97 Å². The molecule has 1 aromatic carbocycles. The first-order valence-electron chi connectivity index (χ1n) is 7.03. The van der Waals surface area contributed by atoms with Crippen molar-refractivity contribution in [3.05, 3.63) is 29.8 Å². The normalized spacial score (nSPS) is 11.0. The van der Waals surface area contributed by atoms with Gasteiger partial charge in [0.2, 0.25) is 5.91 Å². The fourth-order valence-electron chi connectivity index (χ4n) is 2.10. The molecule has 0 aliphatic rings. The van der Waals surface area contributed by atoms with Crippen LogP contribution < -0.4 is 4.74 Å². The molecule has 0 aliphatic carbocycles. The fourth-order valence-corrected chi connectivity index (χ4v) is 2.10. The molecule has 0 radical (unpaired) electrons. The molecule has 116 valence electrons. The maximum Gasteiger partial charge on any atom is 0.329 e. The Morgan fingerprint density at radius 3 is 2.43 bits per heavy atom. The van der Waals surface area contributed by atoms with Crippen LogP contribution in [0.5, 0.6) is 5.75 Å². The maximum atomic E-state index is 12.2. The van der Waals surface area contributed by atoms with Gasteiger partial charge in [-0.25, -0.2) is 4.79 Å². The summed E-state index contributed by atoms with van der Waals surface area (Å²) < 4.78 is 5.58. The molecule has 0 saturated carbocycles. The molecule has 0 atom stereocenters. The number of rotatable bonds is 7. The second-order valence-electron chi connectivity index (χ2n) is 5.37.